The Morgan fingerprint density at radius 1 is 1.53 bits per heavy atom. The van der Waals surface area contributed by atoms with Gasteiger partial charge in [-0.05, 0) is 45.6 Å². The Morgan fingerprint density at radius 3 is 2.84 bits per heavy atom. The van der Waals surface area contributed by atoms with E-state index in [1.807, 2.05) is 31.7 Å². The third kappa shape index (κ3) is 3.31. The van der Waals surface area contributed by atoms with Crippen molar-refractivity contribution < 1.29 is 9.21 Å². The molecule has 4 heteroatoms. The molecule has 2 amide bonds. The van der Waals surface area contributed by atoms with Gasteiger partial charge in [-0.2, -0.15) is 0 Å². The maximum absolute atomic E-state index is 12.2. The molecule has 0 saturated carbocycles. The van der Waals surface area contributed by atoms with Gasteiger partial charge in [-0.3, -0.25) is 0 Å². The highest BCUT2D eigenvalue weighted by atomic mass is 16.3. The van der Waals surface area contributed by atoms with Crippen molar-refractivity contribution in [3.8, 4) is 0 Å². The summed E-state index contributed by atoms with van der Waals surface area (Å²) in [6.07, 6.45) is 2.33. The Bertz CT molecular complexity index is 453. The second kappa shape index (κ2) is 5.68. The zero-order valence-electron chi connectivity index (χ0n) is 12.3. The van der Waals surface area contributed by atoms with Gasteiger partial charge < -0.3 is 14.6 Å². The van der Waals surface area contributed by atoms with Crippen molar-refractivity contribution in [2.75, 3.05) is 13.1 Å². The first kappa shape index (κ1) is 14.0. The number of urea groups is 1. The van der Waals surface area contributed by atoms with Crippen molar-refractivity contribution in [2.24, 2.45) is 5.92 Å². The molecule has 2 unspecified atom stereocenters. The van der Waals surface area contributed by atoms with Crippen LogP contribution in [0.5, 0.6) is 0 Å². The maximum atomic E-state index is 12.2. The Kier molecular flexibility index (Phi) is 4.17. The van der Waals surface area contributed by atoms with Gasteiger partial charge in [0.25, 0.3) is 0 Å². The number of nitrogens with zero attached hydrogens (tertiary/aromatic N) is 1. The molecule has 1 aromatic rings. The molecule has 0 spiro atoms. The van der Waals surface area contributed by atoms with Crippen molar-refractivity contribution >= 4 is 6.03 Å². The Morgan fingerprint density at radius 2 is 2.26 bits per heavy atom. The molecule has 1 saturated heterocycles. The van der Waals surface area contributed by atoms with E-state index in [9.17, 15) is 4.79 Å². The van der Waals surface area contributed by atoms with E-state index in [0.29, 0.717) is 5.92 Å². The van der Waals surface area contributed by atoms with Crippen molar-refractivity contribution in [1.29, 1.82) is 0 Å². The number of aryl methyl sites for hydroxylation is 2. The molecule has 19 heavy (non-hydrogen) atoms. The SMILES string of the molecule is Cc1cc(C(C)NC(=O)N2CCCC(C)C2)c(C)o1. The van der Waals surface area contributed by atoms with E-state index in [4.69, 9.17) is 4.42 Å². The van der Waals surface area contributed by atoms with Crippen LogP contribution in [0.15, 0.2) is 10.5 Å². The standard InChI is InChI=1S/C15H24N2O2/c1-10-6-5-7-17(9-10)15(18)16-12(3)14-8-11(2)19-13(14)4/h8,10,12H,5-7,9H2,1-4H3,(H,16,18). The zero-order chi connectivity index (χ0) is 14.0. The van der Waals surface area contributed by atoms with Crippen molar-refractivity contribution in [3.63, 3.8) is 0 Å². The largest absolute Gasteiger partial charge is 0.466 e. The molecule has 2 rings (SSSR count). The summed E-state index contributed by atoms with van der Waals surface area (Å²) in [5.74, 6) is 2.38. The summed E-state index contributed by atoms with van der Waals surface area (Å²) in [5.41, 5.74) is 1.07. The fourth-order valence-corrected chi connectivity index (χ4v) is 2.81. The van der Waals surface area contributed by atoms with Crippen LogP contribution in [-0.4, -0.2) is 24.0 Å². The fraction of sp³-hybridized carbons (Fsp3) is 0.667. The number of hydrogen-bond acceptors (Lipinski definition) is 2. The first-order chi connectivity index (χ1) is 8.97. The normalized spacial score (nSPS) is 21.3. The van der Waals surface area contributed by atoms with E-state index >= 15 is 0 Å². The van der Waals surface area contributed by atoms with Crippen LogP contribution in [0.4, 0.5) is 4.79 Å². The molecule has 106 valence electrons. The van der Waals surface area contributed by atoms with E-state index in [1.165, 1.54) is 6.42 Å². The van der Waals surface area contributed by atoms with Gasteiger partial charge in [0.15, 0.2) is 0 Å². The van der Waals surface area contributed by atoms with Crippen molar-refractivity contribution in [3.05, 3.63) is 23.2 Å². The van der Waals surface area contributed by atoms with Crippen LogP contribution < -0.4 is 5.32 Å². The topological polar surface area (TPSA) is 45.5 Å². The summed E-state index contributed by atoms with van der Waals surface area (Å²) in [6.45, 7) is 9.80. The molecule has 0 bridgehead atoms. The highest BCUT2D eigenvalue weighted by molar-refractivity contribution is 5.74. The predicted molar refractivity (Wildman–Crippen MR) is 75.1 cm³/mol. The molecule has 0 aromatic carbocycles. The number of nitrogens with one attached hydrogen (secondary N) is 1. The molecule has 2 heterocycles. The van der Waals surface area contributed by atoms with Gasteiger partial charge in [0, 0.05) is 18.7 Å². The summed E-state index contributed by atoms with van der Waals surface area (Å²) in [6, 6.07) is 2.03. The van der Waals surface area contributed by atoms with Gasteiger partial charge in [0.1, 0.15) is 11.5 Å². The monoisotopic (exact) mass is 264 g/mol. The Hall–Kier alpha value is -1.45. The number of hydrogen-bond donors (Lipinski definition) is 1. The Labute approximate surface area is 115 Å². The minimum atomic E-state index is -0.0119. The molecule has 1 N–H and O–H groups in total. The summed E-state index contributed by atoms with van der Waals surface area (Å²) < 4.78 is 5.51. The van der Waals surface area contributed by atoms with Gasteiger partial charge in [-0.25, -0.2) is 4.79 Å². The molecule has 1 aromatic heterocycles. The maximum Gasteiger partial charge on any atom is 0.317 e. The summed E-state index contributed by atoms with van der Waals surface area (Å²) in [5, 5.41) is 3.07. The molecule has 4 nitrogen and oxygen atoms in total. The lowest BCUT2D eigenvalue weighted by Gasteiger charge is -2.32. The van der Waals surface area contributed by atoms with Crippen LogP contribution in [0, 0.1) is 19.8 Å². The highest BCUT2D eigenvalue weighted by Crippen LogP contribution is 2.22. The lowest BCUT2D eigenvalue weighted by Crippen LogP contribution is -2.45. The van der Waals surface area contributed by atoms with Gasteiger partial charge in [0.2, 0.25) is 0 Å². The number of carbonyl (C=O) groups is 1. The van der Waals surface area contributed by atoms with Crippen LogP contribution in [-0.2, 0) is 0 Å². The van der Waals surface area contributed by atoms with E-state index in [2.05, 4.69) is 12.2 Å². The average molecular weight is 264 g/mol. The van der Waals surface area contributed by atoms with Crippen LogP contribution in [0.3, 0.4) is 0 Å². The summed E-state index contributed by atoms with van der Waals surface area (Å²) >= 11 is 0. The molecule has 1 aliphatic rings. The lowest BCUT2D eigenvalue weighted by atomic mass is 10.0. The van der Waals surface area contributed by atoms with Gasteiger partial charge in [-0.15, -0.1) is 0 Å². The predicted octanol–water partition coefficient (Wildman–Crippen LogP) is 3.40. The molecule has 0 radical (unpaired) electrons. The molecule has 1 fully saturated rings. The first-order valence-corrected chi connectivity index (χ1v) is 7.09. The molecular formula is C15H24N2O2. The number of piperidine rings is 1. The number of furan rings is 1. The number of amides is 2. The zero-order valence-corrected chi connectivity index (χ0v) is 12.3. The first-order valence-electron chi connectivity index (χ1n) is 7.09. The third-order valence-electron chi connectivity index (χ3n) is 3.83. The fourth-order valence-electron chi connectivity index (χ4n) is 2.81. The number of likely N-dealkylation sites (tertiary alicyclic amines) is 1. The summed E-state index contributed by atoms with van der Waals surface area (Å²) in [4.78, 5) is 14.2. The molecule has 2 atom stereocenters. The third-order valence-corrected chi connectivity index (χ3v) is 3.83. The second-order valence-electron chi connectivity index (χ2n) is 5.73. The van der Waals surface area contributed by atoms with Crippen molar-refractivity contribution in [1.82, 2.24) is 10.2 Å². The Balaban J connectivity index is 1.96. The van der Waals surface area contributed by atoms with Crippen LogP contribution in [0.1, 0.15) is 49.8 Å². The average Bonchev–Trinajstić information content (AvgIpc) is 2.68. The number of rotatable bonds is 2. The minimum absolute atomic E-state index is 0.0119. The molecule has 1 aliphatic heterocycles. The van der Waals surface area contributed by atoms with Crippen molar-refractivity contribution in [2.45, 2.75) is 46.6 Å². The highest BCUT2D eigenvalue weighted by Gasteiger charge is 2.23. The van der Waals surface area contributed by atoms with E-state index in [-0.39, 0.29) is 12.1 Å². The minimum Gasteiger partial charge on any atom is -0.466 e. The van der Waals surface area contributed by atoms with E-state index in [1.54, 1.807) is 0 Å². The van der Waals surface area contributed by atoms with Crippen LogP contribution in [0.25, 0.3) is 0 Å². The van der Waals surface area contributed by atoms with Gasteiger partial charge in [-0.1, -0.05) is 6.92 Å². The second-order valence-corrected chi connectivity index (χ2v) is 5.73. The van der Waals surface area contributed by atoms with E-state index < -0.39 is 0 Å². The van der Waals surface area contributed by atoms with Gasteiger partial charge in [0.05, 0.1) is 6.04 Å². The van der Waals surface area contributed by atoms with Crippen LogP contribution in [0.2, 0.25) is 0 Å². The smallest absolute Gasteiger partial charge is 0.317 e. The lowest BCUT2D eigenvalue weighted by molar-refractivity contribution is 0.167. The molecular weight excluding hydrogens is 240 g/mol. The number of carbonyl (C=O) groups excluding carboxylic acids is 1. The van der Waals surface area contributed by atoms with E-state index in [0.717, 1.165) is 36.6 Å². The quantitative estimate of drug-likeness (QED) is 0.889. The van der Waals surface area contributed by atoms with Crippen LogP contribution >= 0.6 is 0 Å². The summed E-state index contributed by atoms with van der Waals surface area (Å²) in [7, 11) is 0. The molecule has 0 aliphatic carbocycles. The van der Waals surface area contributed by atoms with Gasteiger partial charge >= 0.3 is 6.03 Å².